The zero-order valence-electron chi connectivity index (χ0n) is 11.9. The van der Waals surface area contributed by atoms with Crippen molar-refractivity contribution >= 4 is 11.8 Å². The molecular formula is C15H19N3O2. The molecule has 1 aromatic heterocycles. The molecule has 0 radical (unpaired) electrons. The van der Waals surface area contributed by atoms with Gasteiger partial charge in [0.1, 0.15) is 11.9 Å². The second-order valence-electron chi connectivity index (χ2n) is 5.16. The van der Waals surface area contributed by atoms with Gasteiger partial charge in [-0.15, -0.1) is 0 Å². The zero-order chi connectivity index (χ0) is 14.7. The maximum atomic E-state index is 10.9. The second-order valence-corrected chi connectivity index (χ2v) is 5.16. The van der Waals surface area contributed by atoms with Gasteiger partial charge in [-0.05, 0) is 44.7 Å². The van der Waals surface area contributed by atoms with Gasteiger partial charge in [-0.3, -0.25) is 4.79 Å². The molecule has 1 atom stereocenters. The van der Waals surface area contributed by atoms with E-state index in [1.165, 1.54) is 0 Å². The van der Waals surface area contributed by atoms with Crippen molar-refractivity contribution in [3.05, 3.63) is 22.9 Å². The van der Waals surface area contributed by atoms with Gasteiger partial charge in [0.15, 0.2) is 0 Å². The van der Waals surface area contributed by atoms with Crippen LogP contribution in [-0.4, -0.2) is 28.6 Å². The summed E-state index contributed by atoms with van der Waals surface area (Å²) in [5, 5.41) is 18.3. The van der Waals surface area contributed by atoms with Gasteiger partial charge in [-0.1, -0.05) is 0 Å². The molecule has 1 unspecified atom stereocenters. The van der Waals surface area contributed by atoms with E-state index in [0.717, 1.165) is 30.5 Å². The molecule has 1 aliphatic rings. The number of aliphatic carboxylic acids is 1. The fraction of sp³-hybridized carbons (Fsp3) is 0.533. The van der Waals surface area contributed by atoms with Crippen molar-refractivity contribution in [2.24, 2.45) is 0 Å². The number of aryl methyl sites for hydroxylation is 2. The molecule has 5 nitrogen and oxygen atoms in total. The minimum Gasteiger partial charge on any atom is -0.481 e. The quantitative estimate of drug-likeness (QED) is 0.889. The van der Waals surface area contributed by atoms with Crippen LogP contribution in [-0.2, 0) is 17.6 Å². The number of anilines is 1. The van der Waals surface area contributed by atoms with Crippen LogP contribution in [0.4, 0.5) is 5.82 Å². The number of hydrogen-bond donors (Lipinski definition) is 1. The number of rotatable bonds is 5. The fourth-order valence-electron chi connectivity index (χ4n) is 2.80. The van der Waals surface area contributed by atoms with Crippen molar-refractivity contribution in [2.75, 3.05) is 11.4 Å². The van der Waals surface area contributed by atoms with Crippen LogP contribution >= 0.6 is 0 Å². The van der Waals surface area contributed by atoms with E-state index in [4.69, 9.17) is 5.11 Å². The van der Waals surface area contributed by atoms with E-state index in [0.29, 0.717) is 17.9 Å². The lowest BCUT2D eigenvalue weighted by molar-refractivity contribution is -0.137. The number of hydrogen-bond acceptors (Lipinski definition) is 4. The SMILES string of the molecule is CCN(c1nc2c(cc1C#N)CCC2)C(C)CC(=O)O. The molecule has 2 rings (SSSR count). The van der Waals surface area contributed by atoms with Crippen LogP contribution in [0.3, 0.4) is 0 Å². The Hall–Kier alpha value is -2.09. The molecule has 0 saturated carbocycles. The summed E-state index contributed by atoms with van der Waals surface area (Å²) in [7, 11) is 0. The lowest BCUT2D eigenvalue weighted by Crippen LogP contribution is -2.36. The monoisotopic (exact) mass is 273 g/mol. The Morgan fingerprint density at radius 2 is 2.35 bits per heavy atom. The molecule has 106 valence electrons. The Bertz CT molecular complexity index is 563. The van der Waals surface area contributed by atoms with Crippen LogP contribution in [0.15, 0.2) is 6.07 Å². The average Bonchev–Trinajstić information content (AvgIpc) is 2.84. The van der Waals surface area contributed by atoms with Gasteiger partial charge in [-0.25, -0.2) is 4.98 Å². The number of carbonyl (C=O) groups is 1. The lowest BCUT2D eigenvalue weighted by atomic mass is 10.1. The molecule has 5 heteroatoms. The van der Waals surface area contributed by atoms with Crippen molar-refractivity contribution < 1.29 is 9.90 Å². The molecule has 1 aliphatic carbocycles. The first-order valence-corrected chi connectivity index (χ1v) is 6.98. The van der Waals surface area contributed by atoms with Crippen molar-refractivity contribution in [3.8, 4) is 6.07 Å². The molecule has 1 N–H and O–H groups in total. The number of nitriles is 1. The summed E-state index contributed by atoms with van der Waals surface area (Å²) < 4.78 is 0. The third-order valence-electron chi connectivity index (χ3n) is 3.77. The van der Waals surface area contributed by atoms with Gasteiger partial charge < -0.3 is 10.0 Å². The summed E-state index contributed by atoms with van der Waals surface area (Å²) in [4.78, 5) is 17.4. The Morgan fingerprint density at radius 3 is 2.95 bits per heavy atom. The van der Waals surface area contributed by atoms with Crippen molar-refractivity contribution in [1.82, 2.24) is 4.98 Å². The topological polar surface area (TPSA) is 77.2 Å². The summed E-state index contributed by atoms with van der Waals surface area (Å²) in [6.45, 7) is 4.44. The van der Waals surface area contributed by atoms with E-state index in [1.54, 1.807) is 0 Å². The van der Waals surface area contributed by atoms with Gasteiger partial charge in [0.05, 0.1) is 12.0 Å². The van der Waals surface area contributed by atoms with Crippen molar-refractivity contribution in [2.45, 2.75) is 45.6 Å². The number of carboxylic acids is 1. The van der Waals surface area contributed by atoms with Crippen LogP contribution in [0.5, 0.6) is 0 Å². The van der Waals surface area contributed by atoms with E-state index < -0.39 is 5.97 Å². The van der Waals surface area contributed by atoms with Crippen molar-refractivity contribution in [1.29, 1.82) is 5.26 Å². The molecule has 1 aromatic rings. The first-order valence-electron chi connectivity index (χ1n) is 6.98. The number of pyridine rings is 1. The predicted molar refractivity (Wildman–Crippen MR) is 75.7 cm³/mol. The minimum atomic E-state index is -0.837. The molecule has 0 aromatic carbocycles. The first kappa shape index (κ1) is 14.3. The molecule has 0 amide bonds. The molecule has 0 aliphatic heterocycles. The first-order chi connectivity index (χ1) is 9.56. The van der Waals surface area contributed by atoms with Gasteiger partial charge in [0.2, 0.25) is 0 Å². The molecule has 0 fully saturated rings. The van der Waals surface area contributed by atoms with Gasteiger partial charge in [-0.2, -0.15) is 5.26 Å². The van der Waals surface area contributed by atoms with E-state index in [9.17, 15) is 10.1 Å². The standard InChI is InChI=1S/C15H19N3O2/c1-3-18(10(2)7-14(19)20)15-12(9-16)8-11-5-4-6-13(11)17-15/h8,10H,3-7H2,1-2H3,(H,19,20). The third-order valence-corrected chi connectivity index (χ3v) is 3.77. The van der Waals surface area contributed by atoms with Gasteiger partial charge in [0, 0.05) is 18.3 Å². The maximum absolute atomic E-state index is 10.9. The average molecular weight is 273 g/mol. The normalized spacial score (nSPS) is 14.4. The molecular weight excluding hydrogens is 254 g/mol. The third kappa shape index (κ3) is 2.74. The van der Waals surface area contributed by atoms with E-state index in [2.05, 4.69) is 11.1 Å². The highest BCUT2D eigenvalue weighted by Crippen LogP contribution is 2.28. The molecule has 0 saturated heterocycles. The Balaban J connectivity index is 2.39. The maximum Gasteiger partial charge on any atom is 0.305 e. The minimum absolute atomic E-state index is 0.0392. The summed E-state index contributed by atoms with van der Waals surface area (Å²) in [5.41, 5.74) is 2.76. The number of nitrogens with zero attached hydrogens (tertiary/aromatic N) is 3. The highest BCUT2D eigenvalue weighted by Gasteiger charge is 2.23. The molecule has 0 spiro atoms. The zero-order valence-corrected chi connectivity index (χ0v) is 11.9. The predicted octanol–water partition coefficient (Wildman–Crippen LogP) is 2.13. The highest BCUT2D eigenvalue weighted by molar-refractivity contribution is 5.69. The van der Waals surface area contributed by atoms with Gasteiger partial charge in [0.25, 0.3) is 0 Å². The van der Waals surface area contributed by atoms with Crippen LogP contribution in [0.2, 0.25) is 0 Å². The summed E-state index contributed by atoms with van der Waals surface area (Å²) in [6.07, 6.45) is 3.04. The highest BCUT2D eigenvalue weighted by atomic mass is 16.4. The van der Waals surface area contributed by atoms with Gasteiger partial charge >= 0.3 is 5.97 Å². The molecule has 0 bridgehead atoms. The number of fused-ring (bicyclic) bond motifs is 1. The van der Waals surface area contributed by atoms with E-state index in [-0.39, 0.29) is 12.5 Å². The Morgan fingerprint density at radius 1 is 1.60 bits per heavy atom. The number of carboxylic acid groups (broad SMARTS) is 1. The van der Waals surface area contributed by atoms with Crippen LogP contribution in [0.1, 0.15) is 43.5 Å². The van der Waals surface area contributed by atoms with Crippen LogP contribution < -0.4 is 4.90 Å². The second kappa shape index (κ2) is 5.91. The lowest BCUT2D eigenvalue weighted by Gasteiger charge is -2.29. The Kier molecular flexibility index (Phi) is 4.23. The van der Waals surface area contributed by atoms with Crippen LogP contribution in [0, 0.1) is 11.3 Å². The largest absolute Gasteiger partial charge is 0.481 e. The van der Waals surface area contributed by atoms with Crippen molar-refractivity contribution in [3.63, 3.8) is 0 Å². The fourth-order valence-corrected chi connectivity index (χ4v) is 2.80. The molecule has 1 heterocycles. The summed E-state index contributed by atoms with van der Waals surface area (Å²) in [5.74, 6) is -0.208. The molecule has 20 heavy (non-hydrogen) atoms. The summed E-state index contributed by atoms with van der Waals surface area (Å²) >= 11 is 0. The van der Waals surface area contributed by atoms with E-state index in [1.807, 2.05) is 24.8 Å². The Labute approximate surface area is 118 Å². The number of aromatic nitrogens is 1. The van der Waals surface area contributed by atoms with Crippen LogP contribution in [0.25, 0.3) is 0 Å². The summed E-state index contributed by atoms with van der Waals surface area (Å²) in [6, 6.07) is 3.93. The van der Waals surface area contributed by atoms with E-state index >= 15 is 0 Å². The smallest absolute Gasteiger partial charge is 0.305 e.